The van der Waals surface area contributed by atoms with Gasteiger partial charge in [-0.05, 0) is 33.6 Å². The summed E-state index contributed by atoms with van der Waals surface area (Å²) >= 11 is 0. The first kappa shape index (κ1) is 15.9. The van der Waals surface area contributed by atoms with Crippen LogP contribution in [0.2, 0.25) is 0 Å². The topological polar surface area (TPSA) is 55.8 Å². The summed E-state index contributed by atoms with van der Waals surface area (Å²) in [5.41, 5.74) is 0. The number of rotatable bonds is 7. The number of nitrogens with zero attached hydrogens (tertiary/aromatic N) is 1. The van der Waals surface area contributed by atoms with Gasteiger partial charge in [0.05, 0.1) is 24.6 Å². The largest absolute Gasteiger partial charge is 0.379 e. The van der Waals surface area contributed by atoms with Crippen LogP contribution in [0.3, 0.4) is 0 Å². The Labute approximate surface area is 110 Å². The van der Waals surface area contributed by atoms with Gasteiger partial charge >= 0.3 is 0 Å². The fourth-order valence-electron chi connectivity index (χ4n) is 1.97. The molecule has 0 spiro atoms. The standard InChI is InChI=1S/C12H25NO4S/c1-4-16-9-10-17-12-5-7-13(8-6-12)18(14,15)11(2)3/h11-12H,4-10H2,1-3H3. The molecule has 0 aromatic heterocycles. The Morgan fingerprint density at radius 1 is 1.22 bits per heavy atom. The quantitative estimate of drug-likeness (QED) is 0.658. The summed E-state index contributed by atoms with van der Waals surface area (Å²) in [6, 6.07) is 0. The number of ether oxygens (including phenoxy) is 2. The second-order valence-electron chi connectivity index (χ2n) is 4.76. The van der Waals surface area contributed by atoms with E-state index in [9.17, 15) is 8.42 Å². The minimum absolute atomic E-state index is 0.170. The van der Waals surface area contributed by atoms with Crippen molar-refractivity contribution in [1.29, 1.82) is 0 Å². The van der Waals surface area contributed by atoms with E-state index in [-0.39, 0.29) is 11.4 Å². The molecule has 0 aliphatic carbocycles. The van der Waals surface area contributed by atoms with E-state index in [1.165, 1.54) is 0 Å². The van der Waals surface area contributed by atoms with Crippen LogP contribution in [0.15, 0.2) is 0 Å². The van der Waals surface area contributed by atoms with Crippen molar-refractivity contribution in [2.75, 3.05) is 32.9 Å². The zero-order valence-electron chi connectivity index (χ0n) is 11.6. The molecule has 0 unspecified atom stereocenters. The minimum Gasteiger partial charge on any atom is -0.379 e. The van der Waals surface area contributed by atoms with E-state index >= 15 is 0 Å². The van der Waals surface area contributed by atoms with Gasteiger partial charge in [-0.3, -0.25) is 0 Å². The Bertz CT molecular complexity index is 321. The van der Waals surface area contributed by atoms with Crippen molar-refractivity contribution in [2.24, 2.45) is 0 Å². The van der Waals surface area contributed by atoms with E-state index in [0.29, 0.717) is 32.9 Å². The van der Waals surface area contributed by atoms with Crippen LogP contribution >= 0.6 is 0 Å². The number of hydrogen-bond acceptors (Lipinski definition) is 4. The van der Waals surface area contributed by atoms with Crippen molar-refractivity contribution >= 4 is 10.0 Å². The van der Waals surface area contributed by atoms with Crippen molar-refractivity contribution < 1.29 is 17.9 Å². The van der Waals surface area contributed by atoms with Crippen LogP contribution in [0, 0.1) is 0 Å². The highest BCUT2D eigenvalue weighted by molar-refractivity contribution is 7.89. The van der Waals surface area contributed by atoms with Gasteiger partial charge in [0.15, 0.2) is 0 Å². The molecule has 1 saturated heterocycles. The molecule has 18 heavy (non-hydrogen) atoms. The van der Waals surface area contributed by atoms with Crippen LogP contribution in [0.4, 0.5) is 0 Å². The summed E-state index contributed by atoms with van der Waals surface area (Å²) in [7, 11) is -3.10. The van der Waals surface area contributed by atoms with Crippen LogP contribution in [-0.2, 0) is 19.5 Å². The van der Waals surface area contributed by atoms with Crippen LogP contribution in [-0.4, -0.2) is 57.0 Å². The van der Waals surface area contributed by atoms with Gasteiger partial charge in [-0.15, -0.1) is 0 Å². The normalized spacial score (nSPS) is 19.6. The summed E-state index contributed by atoms with van der Waals surface area (Å²) < 4.78 is 36.4. The Balaban J connectivity index is 2.29. The lowest BCUT2D eigenvalue weighted by Crippen LogP contribution is -2.43. The summed E-state index contributed by atoms with van der Waals surface area (Å²) in [6.45, 7) is 8.44. The predicted octanol–water partition coefficient (Wildman–Crippen LogP) is 1.24. The zero-order valence-corrected chi connectivity index (χ0v) is 12.4. The second-order valence-corrected chi connectivity index (χ2v) is 7.25. The zero-order chi connectivity index (χ0) is 13.6. The van der Waals surface area contributed by atoms with Gasteiger partial charge < -0.3 is 9.47 Å². The molecule has 6 heteroatoms. The van der Waals surface area contributed by atoms with Gasteiger partial charge in [0.1, 0.15) is 0 Å². The molecule has 1 aliphatic rings. The van der Waals surface area contributed by atoms with Gasteiger partial charge in [0.2, 0.25) is 10.0 Å². The molecular weight excluding hydrogens is 254 g/mol. The fourth-order valence-corrected chi connectivity index (χ4v) is 3.29. The maximum atomic E-state index is 12.0. The average molecular weight is 279 g/mol. The van der Waals surface area contributed by atoms with Crippen molar-refractivity contribution in [2.45, 2.75) is 45.0 Å². The van der Waals surface area contributed by atoms with Crippen LogP contribution in [0.25, 0.3) is 0 Å². The summed E-state index contributed by atoms with van der Waals surface area (Å²) in [6.07, 6.45) is 1.72. The van der Waals surface area contributed by atoms with E-state index in [1.54, 1.807) is 18.2 Å². The molecular formula is C12H25NO4S. The first-order chi connectivity index (χ1) is 8.48. The van der Waals surface area contributed by atoms with Crippen molar-refractivity contribution in [3.8, 4) is 0 Å². The monoisotopic (exact) mass is 279 g/mol. The van der Waals surface area contributed by atoms with E-state index in [1.807, 2.05) is 6.92 Å². The Kier molecular flexibility index (Phi) is 6.55. The summed E-state index contributed by atoms with van der Waals surface area (Å²) in [5, 5.41) is -0.340. The number of sulfonamides is 1. The van der Waals surface area contributed by atoms with E-state index < -0.39 is 10.0 Å². The number of piperidine rings is 1. The fraction of sp³-hybridized carbons (Fsp3) is 1.00. The minimum atomic E-state index is -3.10. The van der Waals surface area contributed by atoms with E-state index in [2.05, 4.69) is 0 Å². The van der Waals surface area contributed by atoms with Crippen molar-refractivity contribution in [3.05, 3.63) is 0 Å². The third-order valence-electron chi connectivity index (χ3n) is 3.14. The average Bonchev–Trinajstić information content (AvgIpc) is 2.35. The highest BCUT2D eigenvalue weighted by atomic mass is 32.2. The molecule has 1 aliphatic heterocycles. The Hall–Kier alpha value is -0.170. The van der Waals surface area contributed by atoms with Crippen LogP contribution < -0.4 is 0 Å². The molecule has 0 radical (unpaired) electrons. The Morgan fingerprint density at radius 3 is 2.33 bits per heavy atom. The third kappa shape index (κ3) is 4.50. The lowest BCUT2D eigenvalue weighted by molar-refractivity contribution is -0.0122. The number of hydrogen-bond donors (Lipinski definition) is 0. The lowest BCUT2D eigenvalue weighted by Gasteiger charge is -2.32. The first-order valence-corrected chi connectivity index (χ1v) is 8.17. The molecule has 0 amide bonds. The molecule has 0 bridgehead atoms. The van der Waals surface area contributed by atoms with Crippen LogP contribution in [0.5, 0.6) is 0 Å². The maximum Gasteiger partial charge on any atom is 0.216 e. The molecule has 1 heterocycles. The molecule has 0 atom stereocenters. The molecule has 1 rings (SSSR count). The van der Waals surface area contributed by atoms with Gasteiger partial charge in [0, 0.05) is 19.7 Å². The van der Waals surface area contributed by atoms with Gasteiger partial charge in [-0.2, -0.15) is 0 Å². The molecule has 0 aromatic rings. The highest BCUT2D eigenvalue weighted by Crippen LogP contribution is 2.19. The molecule has 108 valence electrons. The van der Waals surface area contributed by atoms with Crippen LogP contribution in [0.1, 0.15) is 33.6 Å². The Morgan fingerprint density at radius 2 is 1.83 bits per heavy atom. The molecule has 5 nitrogen and oxygen atoms in total. The molecule has 0 saturated carbocycles. The predicted molar refractivity (Wildman–Crippen MR) is 71.1 cm³/mol. The molecule has 0 aromatic carbocycles. The molecule has 0 N–H and O–H groups in total. The second kappa shape index (κ2) is 7.43. The third-order valence-corrected chi connectivity index (χ3v) is 5.42. The lowest BCUT2D eigenvalue weighted by atomic mass is 10.1. The van der Waals surface area contributed by atoms with Crippen molar-refractivity contribution in [3.63, 3.8) is 0 Å². The first-order valence-electron chi connectivity index (χ1n) is 6.66. The smallest absolute Gasteiger partial charge is 0.216 e. The highest BCUT2D eigenvalue weighted by Gasteiger charge is 2.30. The van der Waals surface area contributed by atoms with Gasteiger partial charge in [-0.25, -0.2) is 12.7 Å². The van der Waals surface area contributed by atoms with E-state index in [4.69, 9.17) is 9.47 Å². The summed E-state index contributed by atoms with van der Waals surface area (Å²) in [4.78, 5) is 0. The molecule has 1 fully saturated rings. The maximum absolute atomic E-state index is 12.0. The van der Waals surface area contributed by atoms with E-state index in [0.717, 1.165) is 12.8 Å². The van der Waals surface area contributed by atoms with Gasteiger partial charge in [0.25, 0.3) is 0 Å². The summed E-state index contributed by atoms with van der Waals surface area (Å²) in [5.74, 6) is 0. The SMILES string of the molecule is CCOCCOC1CCN(S(=O)(=O)C(C)C)CC1. The van der Waals surface area contributed by atoms with Gasteiger partial charge in [-0.1, -0.05) is 0 Å². The van der Waals surface area contributed by atoms with Crippen molar-refractivity contribution in [1.82, 2.24) is 4.31 Å².